The smallest absolute Gasteiger partial charge is 0.181 e. The monoisotopic (exact) mass is 171 g/mol. The van der Waals surface area contributed by atoms with Crippen LogP contribution in [0.1, 0.15) is 19.3 Å². The molecule has 62 valence electrons. The van der Waals surface area contributed by atoms with Gasteiger partial charge in [-0.05, 0) is 31.5 Å². The van der Waals surface area contributed by atoms with E-state index in [0.717, 1.165) is 6.42 Å². The molecule has 1 rings (SSSR count). The Hall–Kier alpha value is -0.610. The maximum absolute atomic E-state index is 5.11. The van der Waals surface area contributed by atoms with E-state index in [1.54, 1.807) is 0 Å². The summed E-state index contributed by atoms with van der Waals surface area (Å²) in [5.74, 6) is 5.11. The van der Waals surface area contributed by atoms with Gasteiger partial charge in [-0.25, -0.2) is 5.84 Å². The Kier molecular flexibility index (Phi) is 3.32. The van der Waals surface area contributed by atoms with E-state index < -0.39 is 0 Å². The third-order valence-electron chi connectivity index (χ3n) is 1.70. The van der Waals surface area contributed by atoms with Crippen molar-refractivity contribution in [2.75, 3.05) is 0 Å². The topological polar surface area (TPSA) is 50.1 Å². The van der Waals surface area contributed by atoms with Crippen LogP contribution in [-0.4, -0.2) is 11.2 Å². The zero-order valence-electron chi connectivity index (χ0n) is 6.34. The Morgan fingerprint density at radius 3 is 3.00 bits per heavy atom. The van der Waals surface area contributed by atoms with Crippen LogP contribution in [0.5, 0.6) is 0 Å². The normalized spacial score (nSPS) is 22.8. The van der Waals surface area contributed by atoms with Gasteiger partial charge >= 0.3 is 0 Å². The third-order valence-corrected chi connectivity index (χ3v) is 1.94. The van der Waals surface area contributed by atoms with Crippen molar-refractivity contribution < 1.29 is 0 Å². The summed E-state index contributed by atoms with van der Waals surface area (Å²) >= 11 is 4.85. The molecule has 1 aliphatic rings. The van der Waals surface area contributed by atoms with Crippen LogP contribution in [0.15, 0.2) is 12.2 Å². The summed E-state index contributed by atoms with van der Waals surface area (Å²) in [6.45, 7) is 0. The molecular formula is C7H13N3S. The van der Waals surface area contributed by atoms with E-state index in [1.165, 1.54) is 12.8 Å². The van der Waals surface area contributed by atoms with Crippen molar-refractivity contribution in [2.24, 2.45) is 5.84 Å². The molecule has 0 aromatic rings. The highest BCUT2D eigenvalue weighted by atomic mass is 32.1. The fourth-order valence-corrected chi connectivity index (χ4v) is 1.29. The SMILES string of the molecule is NNC(=S)NC1C=CCCC1. The van der Waals surface area contributed by atoms with Crippen LogP contribution in [0.2, 0.25) is 0 Å². The molecule has 0 saturated carbocycles. The lowest BCUT2D eigenvalue weighted by molar-refractivity contribution is 0.596. The Morgan fingerprint density at radius 1 is 1.64 bits per heavy atom. The molecule has 0 aliphatic heterocycles. The van der Waals surface area contributed by atoms with Crippen LogP contribution in [0.25, 0.3) is 0 Å². The van der Waals surface area contributed by atoms with Gasteiger partial charge < -0.3 is 10.7 Å². The summed E-state index contributed by atoms with van der Waals surface area (Å²) in [6.07, 6.45) is 7.84. The summed E-state index contributed by atoms with van der Waals surface area (Å²) in [5.41, 5.74) is 2.40. The van der Waals surface area contributed by atoms with Gasteiger partial charge in [0.1, 0.15) is 0 Å². The fraction of sp³-hybridized carbons (Fsp3) is 0.571. The average molecular weight is 171 g/mol. The summed E-state index contributed by atoms with van der Waals surface area (Å²) < 4.78 is 0. The molecule has 0 fully saturated rings. The second-order valence-corrected chi connectivity index (χ2v) is 2.99. The first-order chi connectivity index (χ1) is 5.33. The molecule has 0 spiro atoms. The van der Waals surface area contributed by atoms with Crippen LogP contribution in [0.4, 0.5) is 0 Å². The second-order valence-electron chi connectivity index (χ2n) is 2.58. The molecule has 4 N–H and O–H groups in total. The quantitative estimate of drug-likeness (QED) is 0.232. The van der Waals surface area contributed by atoms with E-state index in [0.29, 0.717) is 11.2 Å². The fourth-order valence-electron chi connectivity index (χ4n) is 1.14. The molecule has 0 radical (unpaired) electrons. The Balaban J connectivity index is 2.30. The maximum Gasteiger partial charge on any atom is 0.181 e. The molecule has 3 nitrogen and oxygen atoms in total. The molecule has 0 aromatic heterocycles. The lowest BCUT2D eigenvalue weighted by Gasteiger charge is -2.18. The minimum Gasteiger partial charge on any atom is -0.355 e. The summed E-state index contributed by atoms with van der Waals surface area (Å²) in [5, 5.41) is 3.59. The zero-order valence-corrected chi connectivity index (χ0v) is 7.16. The number of nitrogens with two attached hydrogens (primary N) is 1. The van der Waals surface area contributed by atoms with Gasteiger partial charge in [-0.2, -0.15) is 0 Å². The van der Waals surface area contributed by atoms with Crippen LogP contribution < -0.4 is 16.6 Å². The number of nitrogens with one attached hydrogen (secondary N) is 2. The van der Waals surface area contributed by atoms with Gasteiger partial charge in [-0.1, -0.05) is 12.2 Å². The molecule has 1 atom stereocenters. The van der Waals surface area contributed by atoms with Gasteiger partial charge in [0.2, 0.25) is 0 Å². The van der Waals surface area contributed by atoms with E-state index >= 15 is 0 Å². The summed E-state index contributed by atoms with van der Waals surface area (Å²) in [6, 6.07) is 0.368. The Labute approximate surface area is 72.0 Å². The highest BCUT2D eigenvalue weighted by Gasteiger charge is 2.07. The highest BCUT2D eigenvalue weighted by molar-refractivity contribution is 7.80. The first-order valence-electron chi connectivity index (χ1n) is 3.76. The van der Waals surface area contributed by atoms with Crippen LogP contribution in [0, 0.1) is 0 Å². The van der Waals surface area contributed by atoms with Gasteiger partial charge in [0, 0.05) is 6.04 Å². The van der Waals surface area contributed by atoms with Crippen molar-refractivity contribution in [1.29, 1.82) is 0 Å². The van der Waals surface area contributed by atoms with Crippen molar-refractivity contribution in [3.05, 3.63) is 12.2 Å². The standard InChI is InChI=1S/C7H13N3S/c8-10-7(11)9-6-4-2-1-3-5-6/h2,4,6H,1,3,5,8H2,(H2,9,10,11). The number of hydrogen-bond donors (Lipinski definition) is 3. The van der Waals surface area contributed by atoms with Crippen LogP contribution in [-0.2, 0) is 0 Å². The Bertz CT molecular complexity index is 167. The van der Waals surface area contributed by atoms with Crippen LogP contribution in [0.3, 0.4) is 0 Å². The maximum atomic E-state index is 5.11. The molecule has 1 aliphatic carbocycles. The number of allylic oxidation sites excluding steroid dienone is 1. The lowest BCUT2D eigenvalue weighted by Crippen LogP contribution is -2.44. The van der Waals surface area contributed by atoms with E-state index in [4.69, 9.17) is 18.1 Å². The molecule has 0 heterocycles. The largest absolute Gasteiger partial charge is 0.355 e. The predicted octanol–water partition coefficient (Wildman–Crippen LogP) is 0.433. The summed E-state index contributed by atoms with van der Waals surface area (Å²) in [7, 11) is 0. The molecule has 11 heavy (non-hydrogen) atoms. The van der Waals surface area contributed by atoms with Crippen molar-refractivity contribution in [2.45, 2.75) is 25.3 Å². The van der Waals surface area contributed by atoms with Gasteiger partial charge in [0.05, 0.1) is 0 Å². The van der Waals surface area contributed by atoms with E-state index in [-0.39, 0.29) is 0 Å². The predicted molar refractivity (Wildman–Crippen MR) is 49.8 cm³/mol. The molecule has 0 amide bonds. The van der Waals surface area contributed by atoms with E-state index in [2.05, 4.69) is 22.9 Å². The average Bonchev–Trinajstić information content (AvgIpc) is 2.06. The van der Waals surface area contributed by atoms with Gasteiger partial charge in [-0.15, -0.1) is 0 Å². The number of hydrazine groups is 1. The first kappa shape index (κ1) is 8.49. The van der Waals surface area contributed by atoms with E-state index in [1.807, 2.05) is 0 Å². The molecule has 0 bridgehead atoms. The van der Waals surface area contributed by atoms with E-state index in [9.17, 15) is 0 Å². The van der Waals surface area contributed by atoms with Gasteiger partial charge in [-0.3, -0.25) is 0 Å². The molecular weight excluding hydrogens is 158 g/mol. The van der Waals surface area contributed by atoms with Crippen molar-refractivity contribution in [1.82, 2.24) is 10.7 Å². The number of hydrogen-bond acceptors (Lipinski definition) is 2. The summed E-state index contributed by atoms with van der Waals surface area (Å²) in [4.78, 5) is 0. The molecule has 0 aromatic carbocycles. The highest BCUT2D eigenvalue weighted by Crippen LogP contribution is 2.09. The minimum atomic E-state index is 0.368. The third kappa shape index (κ3) is 2.86. The first-order valence-corrected chi connectivity index (χ1v) is 4.17. The van der Waals surface area contributed by atoms with Gasteiger partial charge in [0.25, 0.3) is 0 Å². The zero-order chi connectivity index (χ0) is 8.10. The number of rotatable bonds is 1. The number of thiocarbonyl (C=S) groups is 1. The lowest BCUT2D eigenvalue weighted by atomic mass is 10.0. The molecule has 0 saturated heterocycles. The second kappa shape index (κ2) is 4.31. The van der Waals surface area contributed by atoms with Crippen molar-refractivity contribution in [3.8, 4) is 0 Å². The Morgan fingerprint density at radius 2 is 2.45 bits per heavy atom. The van der Waals surface area contributed by atoms with Crippen molar-refractivity contribution in [3.63, 3.8) is 0 Å². The molecule has 1 unspecified atom stereocenters. The van der Waals surface area contributed by atoms with Crippen LogP contribution >= 0.6 is 12.2 Å². The van der Waals surface area contributed by atoms with Crippen molar-refractivity contribution >= 4 is 17.3 Å². The minimum absolute atomic E-state index is 0.368. The van der Waals surface area contributed by atoms with Gasteiger partial charge in [0.15, 0.2) is 5.11 Å². The molecule has 4 heteroatoms.